The Balaban J connectivity index is 2.90. The molecule has 0 aliphatic rings. The van der Waals surface area contributed by atoms with Gasteiger partial charge in [-0.25, -0.2) is 0 Å². The summed E-state index contributed by atoms with van der Waals surface area (Å²) in [7, 11) is 1.89. The second-order valence-electron chi connectivity index (χ2n) is 5.13. The Bertz CT molecular complexity index is 448. The highest BCUT2D eigenvalue weighted by Gasteiger charge is 2.19. The lowest BCUT2D eigenvalue weighted by Gasteiger charge is -2.26. The van der Waals surface area contributed by atoms with E-state index in [1.165, 1.54) is 0 Å². The topological polar surface area (TPSA) is 32.3 Å². The first-order chi connectivity index (χ1) is 9.51. The van der Waals surface area contributed by atoms with Gasteiger partial charge in [-0.15, -0.1) is 0 Å². The summed E-state index contributed by atoms with van der Waals surface area (Å²) < 4.78 is 0. The number of carbonyl (C=O) groups is 1. The molecule has 1 aromatic carbocycles. The second-order valence-corrected chi connectivity index (χ2v) is 6.11. The smallest absolute Gasteiger partial charge is 0.255 e. The van der Waals surface area contributed by atoms with Crippen LogP contribution in [0.2, 0.25) is 0 Å². The van der Waals surface area contributed by atoms with Gasteiger partial charge in [-0.3, -0.25) is 4.79 Å². The maximum atomic E-state index is 12.6. The molecule has 0 bridgehead atoms. The molecule has 0 aliphatic carbocycles. The highest BCUT2D eigenvalue weighted by Crippen LogP contribution is 2.20. The number of benzene rings is 1. The summed E-state index contributed by atoms with van der Waals surface area (Å²) >= 11 is 1.82. The third-order valence-electron chi connectivity index (χ3n) is 3.49. The number of nitrogens with one attached hydrogen (secondary N) is 1. The Morgan fingerprint density at radius 3 is 2.75 bits per heavy atom. The van der Waals surface area contributed by atoms with Gasteiger partial charge in [0.25, 0.3) is 5.91 Å². The maximum absolute atomic E-state index is 12.6. The zero-order valence-electron chi connectivity index (χ0n) is 13.2. The molecule has 1 amide bonds. The van der Waals surface area contributed by atoms with Crippen LogP contribution in [0, 0.1) is 6.92 Å². The highest BCUT2D eigenvalue weighted by molar-refractivity contribution is 7.98. The first-order valence-corrected chi connectivity index (χ1v) is 8.51. The lowest BCUT2D eigenvalue weighted by atomic mass is 10.1. The molecular formula is C16H26N2OS. The van der Waals surface area contributed by atoms with Crippen molar-refractivity contribution in [1.29, 1.82) is 0 Å². The third-order valence-corrected chi connectivity index (χ3v) is 4.14. The minimum Gasteiger partial charge on any atom is -0.385 e. The molecular weight excluding hydrogens is 268 g/mol. The number of anilines is 1. The van der Waals surface area contributed by atoms with Gasteiger partial charge < -0.3 is 10.2 Å². The van der Waals surface area contributed by atoms with Gasteiger partial charge in [-0.2, -0.15) is 11.8 Å². The number of amides is 1. The predicted molar refractivity (Wildman–Crippen MR) is 89.9 cm³/mol. The van der Waals surface area contributed by atoms with E-state index < -0.39 is 0 Å². The minimum absolute atomic E-state index is 0.0922. The van der Waals surface area contributed by atoms with Crippen LogP contribution in [0.3, 0.4) is 0 Å². The van der Waals surface area contributed by atoms with E-state index >= 15 is 0 Å². The van der Waals surface area contributed by atoms with Crippen molar-refractivity contribution in [3.8, 4) is 0 Å². The standard InChI is InChI=1S/C16H26N2OS/c1-6-17-15-11-12(2)7-8-14(15)16(19)18(4)13(3)9-10-20-5/h7-8,11,13,17H,6,9-10H2,1-5H3. The average Bonchev–Trinajstić information content (AvgIpc) is 2.43. The molecule has 3 nitrogen and oxygen atoms in total. The molecule has 0 saturated heterocycles. The Morgan fingerprint density at radius 2 is 2.15 bits per heavy atom. The molecule has 0 aromatic heterocycles. The van der Waals surface area contributed by atoms with Crippen LogP contribution in [0.1, 0.15) is 36.2 Å². The zero-order chi connectivity index (χ0) is 15.1. The van der Waals surface area contributed by atoms with E-state index in [9.17, 15) is 4.79 Å². The molecule has 1 atom stereocenters. The Morgan fingerprint density at radius 1 is 1.45 bits per heavy atom. The van der Waals surface area contributed by atoms with Crippen molar-refractivity contribution in [2.45, 2.75) is 33.2 Å². The molecule has 0 saturated carbocycles. The summed E-state index contributed by atoms with van der Waals surface area (Å²) in [6, 6.07) is 6.21. The highest BCUT2D eigenvalue weighted by atomic mass is 32.2. The number of rotatable bonds is 7. The number of hydrogen-bond acceptors (Lipinski definition) is 3. The van der Waals surface area contributed by atoms with Crippen molar-refractivity contribution in [2.75, 3.05) is 30.9 Å². The summed E-state index contributed by atoms with van der Waals surface area (Å²) in [5.41, 5.74) is 2.85. The van der Waals surface area contributed by atoms with Gasteiger partial charge in [-0.05, 0) is 56.9 Å². The van der Waals surface area contributed by atoms with Crippen LogP contribution in [0.15, 0.2) is 18.2 Å². The van der Waals surface area contributed by atoms with Crippen molar-refractivity contribution in [3.05, 3.63) is 29.3 Å². The molecule has 1 rings (SSSR count). The first-order valence-electron chi connectivity index (χ1n) is 7.11. The van der Waals surface area contributed by atoms with Crippen molar-refractivity contribution in [1.82, 2.24) is 4.90 Å². The van der Waals surface area contributed by atoms with Crippen LogP contribution in [-0.2, 0) is 0 Å². The monoisotopic (exact) mass is 294 g/mol. The van der Waals surface area contributed by atoms with Gasteiger partial charge in [0.1, 0.15) is 0 Å². The molecule has 20 heavy (non-hydrogen) atoms. The average molecular weight is 294 g/mol. The molecule has 0 fully saturated rings. The number of hydrogen-bond donors (Lipinski definition) is 1. The summed E-state index contributed by atoms with van der Waals surface area (Å²) in [6.45, 7) is 7.01. The molecule has 4 heteroatoms. The molecule has 0 radical (unpaired) electrons. The van der Waals surface area contributed by atoms with E-state index in [2.05, 4.69) is 18.5 Å². The largest absolute Gasteiger partial charge is 0.385 e. The Labute approximate surface area is 127 Å². The van der Waals surface area contributed by atoms with Crippen molar-refractivity contribution >= 4 is 23.4 Å². The normalized spacial score (nSPS) is 12.1. The van der Waals surface area contributed by atoms with Crippen LogP contribution in [0.25, 0.3) is 0 Å². The molecule has 112 valence electrons. The molecule has 1 unspecified atom stereocenters. The van der Waals surface area contributed by atoms with Crippen molar-refractivity contribution in [2.24, 2.45) is 0 Å². The SMILES string of the molecule is CCNc1cc(C)ccc1C(=O)N(C)C(C)CCSC. The number of thioether (sulfide) groups is 1. The summed E-state index contributed by atoms with van der Waals surface area (Å²) in [4.78, 5) is 14.5. The van der Waals surface area contributed by atoms with E-state index in [1.807, 2.05) is 55.8 Å². The van der Waals surface area contributed by atoms with Crippen molar-refractivity contribution in [3.63, 3.8) is 0 Å². The lowest BCUT2D eigenvalue weighted by Crippen LogP contribution is -2.35. The van der Waals surface area contributed by atoms with Gasteiger partial charge >= 0.3 is 0 Å². The number of nitrogens with zero attached hydrogens (tertiary/aromatic N) is 1. The van der Waals surface area contributed by atoms with E-state index in [4.69, 9.17) is 0 Å². The minimum atomic E-state index is 0.0922. The Hall–Kier alpha value is -1.16. The fraction of sp³-hybridized carbons (Fsp3) is 0.562. The second kappa shape index (κ2) is 8.20. The fourth-order valence-corrected chi connectivity index (χ4v) is 2.63. The molecule has 0 heterocycles. The summed E-state index contributed by atoms with van der Waals surface area (Å²) in [5.74, 6) is 1.17. The van der Waals surface area contributed by atoms with E-state index in [1.54, 1.807) is 0 Å². The van der Waals surface area contributed by atoms with Crippen LogP contribution in [0.5, 0.6) is 0 Å². The van der Waals surface area contributed by atoms with E-state index in [0.29, 0.717) is 0 Å². The van der Waals surface area contributed by atoms with Crippen molar-refractivity contribution < 1.29 is 4.79 Å². The van der Waals surface area contributed by atoms with Gasteiger partial charge in [0.05, 0.1) is 5.56 Å². The predicted octanol–water partition coefficient (Wildman–Crippen LogP) is 3.64. The number of aryl methyl sites for hydroxylation is 1. The van der Waals surface area contributed by atoms with Crippen LogP contribution >= 0.6 is 11.8 Å². The summed E-state index contributed by atoms with van der Waals surface area (Å²) in [5, 5.41) is 3.28. The molecule has 0 spiro atoms. The first kappa shape index (κ1) is 16.9. The van der Waals surface area contributed by atoms with Gasteiger partial charge in [-0.1, -0.05) is 6.07 Å². The van der Waals surface area contributed by atoms with Gasteiger partial charge in [0.2, 0.25) is 0 Å². The molecule has 0 aliphatic heterocycles. The lowest BCUT2D eigenvalue weighted by molar-refractivity contribution is 0.0742. The zero-order valence-corrected chi connectivity index (χ0v) is 14.0. The Kier molecular flexibility index (Phi) is 6.93. The van der Waals surface area contributed by atoms with Crippen LogP contribution in [-0.4, -0.2) is 42.4 Å². The van der Waals surface area contributed by atoms with Gasteiger partial charge in [0.15, 0.2) is 0 Å². The number of carbonyl (C=O) groups excluding carboxylic acids is 1. The van der Waals surface area contributed by atoms with Crippen LogP contribution < -0.4 is 5.32 Å². The van der Waals surface area contributed by atoms with E-state index in [0.717, 1.165) is 35.5 Å². The molecule has 1 N–H and O–H groups in total. The van der Waals surface area contributed by atoms with Gasteiger partial charge in [0, 0.05) is 25.3 Å². The van der Waals surface area contributed by atoms with Crippen LogP contribution in [0.4, 0.5) is 5.69 Å². The molecule has 1 aromatic rings. The fourth-order valence-electron chi connectivity index (χ4n) is 2.05. The third kappa shape index (κ3) is 4.44. The maximum Gasteiger partial charge on any atom is 0.255 e. The quantitative estimate of drug-likeness (QED) is 0.833. The summed E-state index contributed by atoms with van der Waals surface area (Å²) in [6.07, 6.45) is 3.11. The van der Waals surface area contributed by atoms with E-state index in [-0.39, 0.29) is 11.9 Å².